The highest BCUT2D eigenvalue weighted by molar-refractivity contribution is 6.33. The summed E-state index contributed by atoms with van der Waals surface area (Å²) in [6, 6.07) is 6.56. The van der Waals surface area contributed by atoms with Crippen LogP contribution in [0.5, 0.6) is 0 Å². The molecule has 1 aliphatic heterocycles. The zero-order valence-corrected chi connectivity index (χ0v) is 10.9. The van der Waals surface area contributed by atoms with E-state index in [1.165, 1.54) is 0 Å². The maximum atomic E-state index is 6.29. The monoisotopic (exact) mass is 254 g/mol. The van der Waals surface area contributed by atoms with Crippen molar-refractivity contribution in [2.45, 2.75) is 25.4 Å². The first-order valence-electron chi connectivity index (χ1n) is 6.01. The molecule has 17 heavy (non-hydrogen) atoms. The Morgan fingerprint density at radius 1 is 1.41 bits per heavy atom. The maximum Gasteiger partial charge on any atom is 0.0642 e. The number of anilines is 1. The average Bonchev–Trinajstić information content (AvgIpc) is 2.39. The van der Waals surface area contributed by atoms with Crippen molar-refractivity contribution in [3.63, 3.8) is 0 Å². The minimum Gasteiger partial charge on any atom is -0.381 e. The predicted octanol–water partition coefficient (Wildman–Crippen LogP) is 2.41. The molecule has 0 spiro atoms. The molecule has 1 fully saturated rings. The highest BCUT2D eigenvalue weighted by Gasteiger charge is 2.20. The first-order chi connectivity index (χ1) is 8.22. The van der Waals surface area contributed by atoms with Gasteiger partial charge in [-0.05, 0) is 30.5 Å². The Morgan fingerprint density at radius 2 is 2.12 bits per heavy atom. The molecule has 1 aromatic carbocycles. The van der Waals surface area contributed by atoms with Crippen molar-refractivity contribution in [1.29, 1.82) is 0 Å². The topological polar surface area (TPSA) is 38.5 Å². The lowest BCUT2D eigenvalue weighted by Crippen LogP contribution is -2.36. The number of ether oxygens (including phenoxy) is 1. The second-order valence-corrected chi connectivity index (χ2v) is 4.85. The van der Waals surface area contributed by atoms with E-state index in [2.05, 4.69) is 18.0 Å². The number of hydrogen-bond acceptors (Lipinski definition) is 3. The van der Waals surface area contributed by atoms with Crippen LogP contribution in [0.3, 0.4) is 0 Å². The predicted molar refractivity (Wildman–Crippen MR) is 71.6 cm³/mol. The summed E-state index contributed by atoms with van der Waals surface area (Å²) in [4.78, 5) is 2.26. The Bertz CT molecular complexity index is 378. The lowest BCUT2D eigenvalue weighted by molar-refractivity contribution is 0.0855. The van der Waals surface area contributed by atoms with Crippen LogP contribution in [0.15, 0.2) is 18.2 Å². The molecule has 1 aliphatic rings. The first-order valence-corrected chi connectivity index (χ1v) is 6.39. The molecule has 0 radical (unpaired) electrons. The molecule has 0 aliphatic carbocycles. The van der Waals surface area contributed by atoms with Crippen molar-refractivity contribution < 1.29 is 4.74 Å². The molecule has 0 aromatic heterocycles. The molecule has 1 saturated heterocycles. The fourth-order valence-electron chi connectivity index (χ4n) is 2.23. The lowest BCUT2D eigenvalue weighted by Gasteiger charge is -2.33. The number of benzene rings is 1. The van der Waals surface area contributed by atoms with Crippen LogP contribution in [0.4, 0.5) is 5.69 Å². The fourth-order valence-corrected chi connectivity index (χ4v) is 2.57. The van der Waals surface area contributed by atoms with Crippen LogP contribution < -0.4 is 10.6 Å². The number of nitrogens with zero attached hydrogens (tertiary/aromatic N) is 1. The SMILES string of the molecule is CN(c1ccc(CN)cc1Cl)C1CCOCC1. The molecule has 2 N–H and O–H groups in total. The third-order valence-corrected chi connectivity index (χ3v) is 3.67. The van der Waals surface area contributed by atoms with Gasteiger partial charge in [-0.3, -0.25) is 0 Å². The number of rotatable bonds is 3. The zero-order valence-electron chi connectivity index (χ0n) is 10.2. The zero-order chi connectivity index (χ0) is 12.3. The Labute approximate surface area is 107 Å². The highest BCUT2D eigenvalue weighted by Crippen LogP contribution is 2.29. The van der Waals surface area contributed by atoms with Crippen molar-refractivity contribution in [1.82, 2.24) is 0 Å². The quantitative estimate of drug-likeness (QED) is 0.900. The van der Waals surface area contributed by atoms with Gasteiger partial charge < -0.3 is 15.4 Å². The van der Waals surface area contributed by atoms with Crippen LogP contribution in [0, 0.1) is 0 Å². The van der Waals surface area contributed by atoms with Gasteiger partial charge in [-0.15, -0.1) is 0 Å². The van der Waals surface area contributed by atoms with E-state index in [1.807, 2.05) is 12.1 Å². The maximum absolute atomic E-state index is 6.29. The summed E-state index contributed by atoms with van der Waals surface area (Å²) in [5.74, 6) is 0. The van der Waals surface area contributed by atoms with E-state index in [4.69, 9.17) is 22.1 Å². The normalized spacial score (nSPS) is 17.1. The molecule has 0 saturated carbocycles. The third kappa shape index (κ3) is 2.92. The van der Waals surface area contributed by atoms with Crippen molar-refractivity contribution in [2.75, 3.05) is 25.2 Å². The molecular weight excluding hydrogens is 236 g/mol. The number of hydrogen-bond donors (Lipinski definition) is 1. The molecule has 3 nitrogen and oxygen atoms in total. The van der Waals surface area contributed by atoms with Gasteiger partial charge >= 0.3 is 0 Å². The van der Waals surface area contributed by atoms with E-state index in [1.54, 1.807) is 0 Å². The second kappa shape index (κ2) is 5.71. The summed E-state index contributed by atoms with van der Waals surface area (Å²) in [6.07, 6.45) is 2.12. The third-order valence-electron chi connectivity index (χ3n) is 3.37. The Morgan fingerprint density at radius 3 is 2.71 bits per heavy atom. The standard InChI is InChI=1S/C13H19ClN2O/c1-16(11-4-6-17-7-5-11)13-3-2-10(9-15)8-12(13)14/h2-3,8,11H,4-7,9,15H2,1H3. The number of halogens is 1. The van der Waals surface area contributed by atoms with Gasteiger partial charge in [0.25, 0.3) is 0 Å². The summed E-state index contributed by atoms with van der Waals surface area (Å²) in [6.45, 7) is 2.21. The molecule has 1 heterocycles. The van der Waals surface area contributed by atoms with Crippen molar-refractivity contribution in [3.05, 3.63) is 28.8 Å². The molecular formula is C13H19ClN2O. The van der Waals surface area contributed by atoms with Crippen molar-refractivity contribution >= 4 is 17.3 Å². The summed E-state index contributed by atoms with van der Waals surface area (Å²) < 4.78 is 5.38. The van der Waals surface area contributed by atoms with Crippen molar-refractivity contribution in [3.8, 4) is 0 Å². The van der Waals surface area contributed by atoms with Gasteiger partial charge in [0.15, 0.2) is 0 Å². The summed E-state index contributed by atoms with van der Waals surface area (Å²) in [5.41, 5.74) is 7.75. The van der Waals surface area contributed by atoms with Crippen LogP contribution in [-0.2, 0) is 11.3 Å². The van der Waals surface area contributed by atoms with Gasteiger partial charge in [0.1, 0.15) is 0 Å². The molecule has 4 heteroatoms. The van der Waals surface area contributed by atoms with Gasteiger partial charge in [0.05, 0.1) is 10.7 Å². The van der Waals surface area contributed by atoms with E-state index in [0.717, 1.165) is 42.3 Å². The van der Waals surface area contributed by atoms with Crippen LogP contribution in [0.1, 0.15) is 18.4 Å². The van der Waals surface area contributed by atoms with E-state index < -0.39 is 0 Å². The largest absolute Gasteiger partial charge is 0.381 e. The molecule has 0 bridgehead atoms. The van der Waals surface area contributed by atoms with Gasteiger partial charge in [0.2, 0.25) is 0 Å². The lowest BCUT2D eigenvalue weighted by atomic mass is 10.1. The highest BCUT2D eigenvalue weighted by atomic mass is 35.5. The smallest absolute Gasteiger partial charge is 0.0642 e. The van der Waals surface area contributed by atoms with Gasteiger partial charge in [-0.2, -0.15) is 0 Å². The summed E-state index contributed by atoms with van der Waals surface area (Å²) >= 11 is 6.29. The van der Waals surface area contributed by atoms with Gasteiger partial charge in [-0.1, -0.05) is 17.7 Å². The Hall–Kier alpha value is -0.770. The molecule has 0 unspecified atom stereocenters. The Balaban J connectivity index is 2.15. The molecule has 0 amide bonds. The van der Waals surface area contributed by atoms with Gasteiger partial charge in [-0.25, -0.2) is 0 Å². The first kappa shape index (κ1) is 12.7. The molecule has 0 atom stereocenters. The molecule has 2 rings (SSSR count). The van der Waals surface area contributed by atoms with E-state index in [0.29, 0.717) is 12.6 Å². The number of nitrogens with two attached hydrogens (primary N) is 1. The van der Waals surface area contributed by atoms with E-state index >= 15 is 0 Å². The van der Waals surface area contributed by atoms with E-state index in [9.17, 15) is 0 Å². The van der Waals surface area contributed by atoms with E-state index in [-0.39, 0.29) is 0 Å². The Kier molecular flexibility index (Phi) is 4.26. The average molecular weight is 255 g/mol. The minimum atomic E-state index is 0.518. The molecule has 1 aromatic rings. The second-order valence-electron chi connectivity index (χ2n) is 4.44. The molecule has 94 valence electrons. The van der Waals surface area contributed by atoms with Crippen molar-refractivity contribution in [2.24, 2.45) is 5.73 Å². The van der Waals surface area contributed by atoms with Gasteiger partial charge in [0, 0.05) is 32.8 Å². The van der Waals surface area contributed by atoms with Crippen LogP contribution in [0.2, 0.25) is 5.02 Å². The summed E-state index contributed by atoms with van der Waals surface area (Å²) in [5, 5.41) is 0.780. The van der Waals surface area contributed by atoms with Crippen LogP contribution in [-0.4, -0.2) is 26.3 Å². The fraction of sp³-hybridized carbons (Fsp3) is 0.538. The van der Waals surface area contributed by atoms with Crippen LogP contribution in [0.25, 0.3) is 0 Å². The van der Waals surface area contributed by atoms with Crippen LogP contribution >= 0.6 is 11.6 Å². The minimum absolute atomic E-state index is 0.518. The summed E-state index contributed by atoms with van der Waals surface area (Å²) in [7, 11) is 2.10.